The fourth-order valence-electron chi connectivity index (χ4n) is 11.1. The summed E-state index contributed by atoms with van der Waals surface area (Å²) in [6.07, 6.45) is 4.35. The van der Waals surface area contributed by atoms with Gasteiger partial charge in [-0.1, -0.05) is 19.9 Å². The van der Waals surface area contributed by atoms with E-state index in [9.17, 15) is 14.4 Å². The van der Waals surface area contributed by atoms with E-state index in [4.69, 9.17) is 37.9 Å². The molecular formula is C42H68N2O11. The maximum atomic E-state index is 14.8. The highest BCUT2D eigenvalue weighted by Crippen LogP contribution is 2.56. The van der Waals surface area contributed by atoms with Crippen LogP contribution in [0.3, 0.4) is 0 Å². The summed E-state index contributed by atoms with van der Waals surface area (Å²) in [6.45, 7) is 7.99. The number of allylic oxidation sites excluding steroid dienone is 2. The molecule has 0 amide bonds. The number of methoxy groups -OCH3 is 3. The van der Waals surface area contributed by atoms with Crippen LogP contribution in [-0.2, 0) is 52.3 Å². The quantitative estimate of drug-likeness (QED) is 0.319. The van der Waals surface area contributed by atoms with Crippen molar-refractivity contribution in [1.82, 2.24) is 10.2 Å². The Morgan fingerprint density at radius 1 is 0.855 bits per heavy atom. The maximum absolute atomic E-state index is 14.8. The Hall–Kier alpha value is -1.81. The van der Waals surface area contributed by atoms with Crippen LogP contribution in [0.4, 0.5) is 0 Å². The lowest BCUT2D eigenvalue weighted by molar-refractivity contribution is -0.314. The first-order valence-electron chi connectivity index (χ1n) is 20.9. The molecule has 2 saturated carbocycles. The molecule has 0 aromatic heterocycles. The molecular weight excluding hydrogens is 708 g/mol. The minimum Gasteiger partial charge on any atom is -0.462 e. The Bertz CT molecular complexity index is 1380. The molecule has 1 N–H and O–H groups in total. The monoisotopic (exact) mass is 776 g/mol. The number of ether oxygens (including phenoxy) is 8. The summed E-state index contributed by atoms with van der Waals surface area (Å²) < 4.78 is 49.6. The first-order valence-corrected chi connectivity index (χ1v) is 20.9. The highest BCUT2D eigenvalue weighted by Gasteiger charge is 2.59. The van der Waals surface area contributed by atoms with Gasteiger partial charge < -0.3 is 48.1 Å². The second-order valence-electron chi connectivity index (χ2n) is 17.2. The van der Waals surface area contributed by atoms with Crippen LogP contribution in [0, 0.1) is 35.5 Å². The zero-order valence-electron chi connectivity index (χ0n) is 34.8. The summed E-state index contributed by atoms with van der Waals surface area (Å²) in [4.78, 5) is 45.3. The molecule has 3 heterocycles. The molecule has 6 aliphatic rings. The number of nitrogens with zero attached hydrogens (tertiary/aromatic N) is 1. The van der Waals surface area contributed by atoms with Crippen molar-refractivity contribution in [1.29, 1.82) is 0 Å². The molecule has 0 spiro atoms. The number of hydrogen-bond donors (Lipinski definition) is 1. The number of ketones is 2. The second-order valence-corrected chi connectivity index (χ2v) is 17.2. The molecule has 3 saturated heterocycles. The Balaban J connectivity index is 1.27. The van der Waals surface area contributed by atoms with Crippen molar-refractivity contribution < 1.29 is 52.3 Å². The highest BCUT2D eigenvalue weighted by molar-refractivity contribution is 6.01. The fourth-order valence-corrected chi connectivity index (χ4v) is 11.1. The van der Waals surface area contributed by atoms with Gasteiger partial charge in [0.25, 0.3) is 0 Å². The van der Waals surface area contributed by atoms with Gasteiger partial charge >= 0.3 is 5.97 Å². The molecule has 0 bridgehead atoms. The van der Waals surface area contributed by atoms with Crippen molar-refractivity contribution in [2.75, 3.05) is 42.5 Å². The van der Waals surface area contributed by atoms with Crippen LogP contribution >= 0.6 is 0 Å². The van der Waals surface area contributed by atoms with E-state index in [0.717, 1.165) is 19.3 Å². The summed E-state index contributed by atoms with van der Waals surface area (Å²) in [5.74, 6) is -2.14. The molecule has 5 fully saturated rings. The Morgan fingerprint density at radius 3 is 2.20 bits per heavy atom. The van der Waals surface area contributed by atoms with Gasteiger partial charge in [0, 0.05) is 45.1 Å². The lowest BCUT2D eigenvalue weighted by atomic mass is 9.63. The lowest BCUT2D eigenvalue weighted by Gasteiger charge is -2.44. The van der Waals surface area contributed by atoms with Gasteiger partial charge in [-0.05, 0) is 110 Å². The molecule has 6 rings (SSSR count). The van der Waals surface area contributed by atoms with E-state index in [1.165, 1.54) is 0 Å². The third kappa shape index (κ3) is 8.66. The van der Waals surface area contributed by atoms with E-state index < -0.39 is 48.6 Å². The summed E-state index contributed by atoms with van der Waals surface area (Å²) >= 11 is 0. The van der Waals surface area contributed by atoms with Crippen molar-refractivity contribution in [2.24, 2.45) is 35.5 Å². The van der Waals surface area contributed by atoms with E-state index in [1.54, 1.807) is 21.3 Å². The lowest BCUT2D eigenvalue weighted by Crippen LogP contribution is -2.59. The number of Topliss-reactive ketones (excluding diaryl/α,β-unsaturated/α-hetero) is 2. The molecule has 5 unspecified atom stereocenters. The van der Waals surface area contributed by atoms with Gasteiger partial charge in [0.2, 0.25) is 0 Å². The highest BCUT2D eigenvalue weighted by atomic mass is 16.7. The maximum Gasteiger partial charge on any atom is 0.306 e. The van der Waals surface area contributed by atoms with Gasteiger partial charge in [0.15, 0.2) is 24.1 Å². The van der Waals surface area contributed by atoms with Crippen LogP contribution in [0.2, 0.25) is 0 Å². The number of carbonyl (C=O) groups excluding carboxylic acids is 3. The number of nitrogens with one attached hydrogen (secondary N) is 1. The predicted molar refractivity (Wildman–Crippen MR) is 203 cm³/mol. The van der Waals surface area contributed by atoms with Crippen LogP contribution in [-0.4, -0.2) is 138 Å². The van der Waals surface area contributed by atoms with Gasteiger partial charge in [0.05, 0.1) is 36.9 Å². The van der Waals surface area contributed by atoms with Gasteiger partial charge in [-0.15, -0.1) is 0 Å². The number of rotatable bonds is 10. The molecule has 0 aromatic rings. The number of fused-ring (bicyclic) bond motifs is 5. The van der Waals surface area contributed by atoms with Crippen molar-refractivity contribution in [3.05, 3.63) is 11.6 Å². The third-order valence-electron chi connectivity index (χ3n) is 14.0. The average molecular weight is 777 g/mol. The SMILES string of the molecule is CC[C@H]1CCC[C@H](O[C@H]2CC[C@H](N(C)C)C(C)O2)[C@@H](C)C(=O)C2=C[C@H]3[C@@H]4C[C@H](O[C@@H]5OC(C)[C@H](OC)C(OC)C5OC)C[C@H]4C(NC)C(=O)[C@H]3[C@@H]2CC(=O)O1. The second kappa shape index (κ2) is 18.4. The largest absolute Gasteiger partial charge is 0.462 e. The van der Waals surface area contributed by atoms with Crippen molar-refractivity contribution in [3.8, 4) is 0 Å². The topological polar surface area (TPSA) is 140 Å². The van der Waals surface area contributed by atoms with Crippen molar-refractivity contribution in [2.45, 2.75) is 159 Å². The zero-order chi connectivity index (χ0) is 39.7. The number of cyclic esters (lactones) is 1. The van der Waals surface area contributed by atoms with Gasteiger partial charge in [-0.3, -0.25) is 14.4 Å². The van der Waals surface area contributed by atoms with E-state index in [-0.39, 0.29) is 78.3 Å². The van der Waals surface area contributed by atoms with E-state index >= 15 is 0 Å². The van der Waals surface area contributed by atoms with E-state index in [2.05, 4.69) is 31.2 Å². The summed E-state index contributed by atoms with van der Waals surface area (Å²) in [5, 5.41) is 3.34. The first kappa shape index (κ1) is 42.8. The Kier molecular flexibility index (Phi) is 14.3. The van der Waals surface area contributed by atoms with Crippen LogP contribution < -0.4 is 5.32 Å². The van der Waals surface area contributed by atoms with Gasteiger partial charge in [0.1, 0.15) is 24.4 Å². The Morgan fingerprint density at radius 2 is 1.56 bits per heavy atom. The predicted octanol–water partition coefficient (Wildman–Crippen LogP) is 4.09. The molecule has 18 atom stereocenters. The number of esters is 1. The summed E-state index contributed by atoms with van der Waals surface area (Å²) in [6, 6.07) is -0.140. The minimum absolute atomic E-state index is 0.00429. The van der Waals surface area contributed by atoms with Crippen LogP contribution in [0.5, 0.6) is 0 Å². The standard InChI is InChI=1S/C42H68N2O11/c1-11-24-13-12-14-32(55-34-16-15-31(44(6)7)22(3)51-34)21(2)37(46)30-19-27-26-17-25(54-42-41(50-10)40(49-9)39(48-8)23(4)52-42)18-29(26)36(43-5)38(47)35(27)28(30)20-33(45)53-24/h19,21-29,31-32,34-36,39-43H,11-18,20H2,1-10H3/t21-,22?,23?,24+,25+,26+,27+,28-,29-,31+,32+,34+,35-,36?,39+,40?,41?,42+/m1/s1. The van der Waals surface area contributed by atoms with Gasteiger partial charge in [-0.2, -0.15) is 0 Å². The molecule has 55 heavy (non-hydrogen) atoms. The normalized spacial score (nSPS) is 45.6. The molecule has 3 aliphatic heterocycles. The zero-order valence-corrected chi connectivity index (χ0v) is 34.8. The fraction of sp³-hybridized carbons (Fsp3) is 0.881. The van der Waals surface area contributed by atoms with Gasteiger partial charge in [-0.25, -0.2) is 0 Å². The van der Waals surface area contributed by atoms with E-state index in [0.29, 0.717) is 43.7 Å². The van der Waals surface area contributed by atoms with Crippen molar-refractivity contribution in [3.63, 3.8) is 0 Å². The summed E-state index contributed by atoms with van der Waals surface area (Å²) in [7, 11) is 10.8. The minimum atomic E-state index is -0.691. The Labute approximate surface area is 328 Å². The van der Waals surface area contributed by atoms with Crippen LogP contribution in [0.15, 0.2) is 11.6 Å². The molecule has 312 valence electrons. The number of likely N-dealkylation sites (N-methyl/N-ethyl adjacent to an activating group) is 2. The van der Waals surface area contributed by atoms with Crippen LogP contribution in [0.1, 0.15) is 85.5 Å². The molecule has 3 aliphatic carbocycles. The van der Waals surface area contributed by atoms with Crippen LogP contribution in [0.25, 0.3) is 0 Å². The molecule has 0 aromatic carbocycles. The number of hydrogen-bond acceptors (Lipinski definition) is 13. The summed E-state index contributed by atoms with van der Waals surface area (Å²) in [5.41, 5.74) is 0.568. The first-order chi connectivity index (χ1) is 26.3. The molecule has 13 heteroatoms. The smallest absolute Gasteiger partial charge is 0.306 e. The molecule has 13 nitrogen and oxygen atoms in total. The average Bonchev–Trinajstić information content (AvgIpc) is 3.74. The number of carbonyl (C=O) groups is 3. The molecule has 0 radical (unpaired) electrons. The van der Waals surface area contributed by atoms with E-state index in [1.807, 2.05) is 33.9 Å². The van der Waals surface area contributed by atoms with Crippen molar-refractivity contribution >= 4 is 17.5 Å². The third-order valence-corrected chi connectivity index (χ3v) is 14.0.